The standard InChI is InChI=1S/C15H17N3/c16-10-12-7-4-8-13-15(12)18-14(17-13)9-11-5-2-1-3-6-11/h4,7-8,11H,1-3,5-6,9H2,(H,17,18). The molecule has 1 heterocycles. The summed E-state index contributed by atoms with van der Waals surface area (Å²) in [6.45, 7) is 0. The molecule has 3 heteroatoms. The Balaban J connectivity index is 1.87. The number of imidazole rings is 1. The Morgan fingerprint density at radius 2 is 2.11 bits per heavy atom. The van der Waals surface area contributed by atoms with E-state index in [0.717, 1.165) is 29.2 Å². The fourth-order valence-corrected chi connectivity index (χ4v) is 2.93. The molecule has 1 N–H and O–H groups in total. The minimum absolute atomic E-state index is 0.665. The Hall–Kier alpha value is -1.82. The summed E-state index contributed by atoms with van der Waals surface area (Å²) in [5.74, 6) is 1.81. The lowest BCUT2D eigenvalue weighted by Gasteiger charge is -2.20. The van der Waals surface area contributed by atoms with E-state index in [4.69, 9.17) is 5.26 Å². The Kier molecular flexibility index (Phi) is 3.02. The number of fused-ring (bicyclic) bond motifs is 1. The van der Waals surface area contributed by atoms with Crippen LogP contribution in [0.1, 0.15) is 43.5 Å². The van der Waals surface area contributed by atoms with E-state index in [0.29, 0.717) is 5.56 Å². The third-order valence-electron chi connectivity index (χ3n) is 3.89. The largest absolute Gasteiger partial charge is 0.342 e. The predicted molar refractivity (Wildman–Crippen MR) is 71.1 cm³/mol. The molecule has 0 saturated heterocycles. The molecule has 92 valence electrons. The number of benzene rings is 1. The van der Waals surface area contributed by atoms with Gasteiger partial charge in [-0.3, -0.25) is 0 Å². The maximum Gasteiger partial charge on any atom is 0.107 e. The van der Waals surface area contributed by atoms with Crippen molar-refractivity contribution in [2.75, 3.05) is 0 Å². The molecule has 0 bridgehead atoms. The number of hydrogen-bond acceptors (Lipinski definition) is 2. The molecule has 3 rings (SSSR count). The smallest absolute Gasteiger partial charge is 0.107 e. The van der Waals surface area contributed by atoms with Crippen LogP contribution in [0.2, 0.25) is 0 Å². The molecule has 0 atom stereocenters. The van der Waals surface area contributed by atoms with Gasteiger partial charge in [-0.15, -0.1) is 0 Å². The zero-order chi connectivity index (χ0) is 12.4. The van der Waals surface area contributed by atoms with Crippen LogP contribution in [0.15, 0.2) is 18.2 Å². The maximum atomic E-state index is 9.06. The third-order valence-corrected chi connectivity index (χ3v) is 3.89. The average Bonchev–Trinajstić information content (AvgIpc) is 2.82. The second-order valence-electron chi connectivity index (χ2n) is 5.21. The van der Waals surface area contributed by atoms with E-state index in [2.05, 4.69) is 16.0 Å². The molecule has 1 fully saturated rings. The van der Waals surface area contributed by atoms with E-state index in [-0.39, 0.29) is 0 Å². The van der Waals surface area contributed by atoms with Crippen molar-refractivity contribution in [2.24, 2.45) is 5.92 Å². The second-order valence-corrected chi connectivity index (χ2v) is 5.21. The molecular formula is C15H17N3. The van der Waals surface area contributed by atoms with Crippen molar-refractivity contribution < 1.29 is 0 Å². The first-order valence-electron chi connectivity index (χ1n) is 6.74. The van der Waals surface area contributed by atoms with Crippen molar-refractivity contribution in [3.8, 4) is 6.07 Å². The molecule has 18 heavy (non-hydrogen) atoms. The number of nitrogens with zero attached hydrogens (tertiary/aromatic N) is 2. The molecule has 0 amide bonds. The summed E-state index contributed by atoms with van der Waals surface area (Å²) in [5, 5.41) is 9.06. The first-order valence-corrected chi connectivity index (χ1v) is 6.74. The van der Waals surface area contributed by atoms with Gasteiger partial charge in [-0.1, -0.05) is 38.2 Å². The molecule has 1 saturated carbocycles. The summed E-state index contributed by atoms with van der Waals surface area (Å²) in [6, 6.07) is 7.93. The van der Waals surface area contributed by atoms with E-state index in [1.54, 1.807) is 0 Å². The van der Waals surface area contributed by atoms with Crippen LogP contribution >= 0.6 is 0 Å². The van der Waals surface area contributed by atoms with Crippen LogP contribution in [0.3, 0.4) is 0 Å². The molecule has 1 aromatic carbocycles. The summed E-state index contributed by atoms with van der Waals surface area (Å²) in [4.78, 5) is 7.95. The second kappa shape index (κ2) is 4.81. The van der Waals surface area contributed by atoms with Gasteiger partial charge >= 0.3 is 0 Å². The van der Waals surface area contributed by atoms with Crippen LogP contribution in [-0.4, -0.2) is 9.97 Å². The number of nitriles is 1. The van der Waals surface area contributed by atoms with E-state index in [1.807, 2.05) is 18.2 Å². The topological polar surface area (TPSA) is 52.5 Å². The summed E-state index contributed by atoms with van der Waals surface area (Å²) >= 11 is 0. The van der Waals surface area contributed by atoms with Gasteiger partial charge in [-0.2, -0.15) is 5.26 Å². The van der Waals surface area contributed by atoms with Crippen molar-refractivity contribution in [2.45, 2.75) is 38.5 Å². The average molecular weight is 239 g/mol. The van der Waals surface area contributed by atoms with Crippen LogP contribution in [-0.2, 0) is 6.42 Å². The molecule has 1 aliphatic rings. The number of aromatic nitrogens is 2. The van der Waals surface area contributed by atoms with E-state index < -0.39 is 0 Å². The molecule has 0 unspecified atom stereocenters. The quantitative estimate of drug-likeness (QED) is 0.871. The Morgan fingerprint density at radius 3 is 2.89 bits per heavy atom. The zero-order valence-electron chi connectivity index (χ0n) is 10.4. The van der Waals surface area contributed by atoms with Crippen molar-refractivity contribution in [3.63, 3.8) is 0 Å². The minimum Gasteiger partial charge on any atom is -0.342 e. The number of para-hydroxylation sites is 1. The van der Waals surface area contributed by atoms with Gasteiger partial charge in [0.05, 0.1) is 11.1 Å². The molecule has 3 nitrogen and oxygen atoms in total. The molecule has 2 aromatic rings. The monoisotopic (exact) mass is 239 g/mol. The Labute approximate surface area is 107 Å². The molecular weight excluding hydrogens is 222 g/mol. The summed E-state index contributed by atoms with van der Waals surface area (Å²) in [5.41, 5.74) is 2.48. The van der Waals surface area contributed by atoms with E-state index in [1.165, 1.54) is 32.1 Å². The van der Waals surface area contributed by atoms with Gasteiger partial charge in [0, 0.05) is 6.42 Å². The van der Waals surface area contributed by atoms with Gasteiger partial charge in [-0.05, 0) is 18.1 Å². The number of rotatable bonds is 2. The third kappa shape index (κ3) is 2.11. The maximum absolute atomic E-state index is 9.06. The van der Waals surface area contributed by atoms with Crippen LogP contribution < -0.4 is 0 Å². The van der Waals surface area contributed by atoms with Crippen LogP contribution in [0.5, 0.6) is 0 Å². The number of hydrogen-bond donors (Lipinski definition) is 1. The van der Waals surface area contributed by atoms with Gasteiger partial charge in [0.15, 0.2) is 0 Å². The van der Waals surface area contributed by atoms with Gasteiger partial charge < -0.3 is 4.98 Å². The van der Waals surface area contributed by atoms with Crippen molar-refractivity contribution in [1.82, 2.24) is 9.97 Å². The van der Waals surface area contributed by atoms with Crippen molar-refractivity contribution >= 4 is 11.0 Å². The summed E-state index contributed by atoms with van der Waals surface area (Å²) in [7, 11) is 0. The molecule has 1 aromatic heterocycles. The van der Waals surface area contributed by atoms with Crippen LogP contribution in [0, 0.1) is 17.2 Å². The van der Waals surface area contributed by atoms with E-state index >= 15 is 0 Å². The highest BCUT2D eigenvalue weighted by Crippen LogP contribution is 2.27. The highest BCUT2D eigenvalue weighted by Gasteiger charge is 2.16. The summed E-state index contributed by atoms with van der Waals surface area (Å²) < 4.78 is 0. The molecule has 0 aliphatic heterocycles. The van der Waals surface area contributed by atoms with Gasteiger partial charge in [-0.25, -0.2) is 4.98 Å². The number of nitrogens with one attached hydrogen (secondary N) is 1. The summed E-state index contributed by atoms with van der Waals surface area (Å²) in [6.07, 6.45) is 7.77. The fourth-order valence-electron chi connectivity index (χ4n) is 2.93. The molecule has 1 aliphatic carbocycles. The lowest BCUT2D eigenvalue weighted by molar-refractivity contribution is 0.352. The van der Waals surface area contributed by atoms with Crippen molar-refractivity contribution in [1.29, 1.82) is 5.26 Å². The Bertz CT molecular complexity index is 585. The first kappa shape index (κ1) is 11.3. The van der Waals surface area contributed by atoms with Crippen LogP contribution in [0.4, 0.5) is 0 Å². The Morgan fingerprint density at radius 1 is 1.28 bits per heavy atom. The van der Waals surface area contributed by atoms with Gasteiger partial charge in [0.1, 0.15) is 17.4 Å². The molecule has 0 radical (unpaired) electrons. The number of H-pyrrole nitrogens is 1. The highest BCUT2D eigenvalue weighted by atomic mass is 14.9. The lowest BCUT2D eigenvalue weighted by atomic mass is 9.87. The minimum atomic E-state index is 0.665. The predicted octanol–water partition coefficient (Wildman–Crippen LogP) is 3.56. The number of aromatic amines is 1. The van der Waals surface area contributed by atoms with Gasteiger partial charge in [0.25, 0.3) is 0 Å². The zero-order valence-corrected chi connectivity index (χ0v) is 10.4. The lowest BCUT2D eigenvalue weighted by Crippen LogP contribution is -2.10. The van der Waals surface area contributed by atoms with Crippen LogP contribution in [0.25, 0.3) is 11.0 Å². The molecule has 0 spiro atoms. The van der Waals surface area contributed by atoms with E-state index in [9.17, 15) is 0 Å². The normalized spacial score (nSPS) is 16.8. The highest BCUT2D eigenvalue weighted by molar-refractivity contribution is 5.81. The fraction of sp³-hybridized carbons (Fsp3) is 0.467. The van der Waals surface area contributed by atoms with Gasteiger partial charge in [0.2, 0.25) is 0 Å². The van der Waals surface area contributed by atoms with Crippen molar-refractivity contribution in [3.05, 3.63) is 29.6 Å². The SMILES string of the molecule is N#Cc1cccc2[nH]c(CC3CCCCC3)nc12. The first-order chi connectivity index (χ1) is 8.86.